The molecule has 0 radical (unpaired) electrons. The van der Waals surface area contributed by atoms with Crippen molar-refractivity contribution < 1.29 is 14.3 Å². The van der Waals surface area contributed by atoms with Crippen LogP contribution in [0.2, 0.25) is 0 Å². The summed E-state index contributed by atoms with van der Waals surface area (Å²) in [6.07, 6.45) is 1.78. The van der Waals surface area contributed by atoms with Crippen LogP contribution < -0.4 is 9.47 Å². The summed E-state index contributed by atoms with van der Waals surface area (Å²) in [6, 6.07) is 15.7. The van der Waals surface area contributed by atoms with Gasteiger partial charge in [-0.2, -0.15) is 5.10 Å². The van der Waals surface area contributed by atoms with E-state index in [1.54, 1.807) is 6.20 Å². The summed E-state index contributed by atoms with van der Waals surface area (Å²) in [5.74, 6) is 1.71. The van der Waals surface area contributed by atoms with E-state index in [1.165, 1.54) is 5.56 Å². The lowest BCUT2D eigenvalue weighted by atomic mass is 10.1. The molecular weight excluding hydrogens is 380 g/mol. The first-order valence-corrected chi connectivity index (χ1v) is 10.2. The predicted octanol–water partition coefficient (Wildman–Crippen LogP) is 2.87. The Labute approximate surface area is 175 Å². The molecule has 0 aliphatic carbocycles. The van der Waals surface area contributed by atoms with Crippen LogP contribution in [0.4, 0.5) is 0 Å². The number of ether oxygens (including phenoxy) is 2. The Morgan fingerprint density at radius 3 is 2.47 bits per heavy atom. The lowest BCUT2D eigenvalue weighted by Crippen LogP contribution is -2.48. The number of amides is 1. The third-order valence-corrected chi connectivity index (χ3v) is 5.69. The van der Waals surface area contributed by atoms with E-state index < -0.39 is 0 Å². The van der Waals surface area contributed by atoms with Crippen molar-refractivity contribution in [3.63, 3.8) is 0 Å². The van der Waals surface area contributed by atoms with Gasteiger partial charge in [-0.3, -0.25) is 9.69 Å². The number of rotatable bonds is 4. The zero-order chi connectivity index (χ0) is 20.5. The lowest BCUT2D eigenvalue weighted by molar-refractivity contribution is 0.0628. The van der Waals surface area contributed by atoms with Gasteiger partial charge in [-0.15, -0.1) is 0 Å². The third-order valence-electron chi connectivity index (χ3n) is 5.69. The van der Waals surface area contributed by atoms with E-state index in [0.29, 0.717) is 12.4 Å². The fraction of sp³-hybridized carbons (Fsp3) is 0.304. The van der Waals surface area contributed by atoms with E-state index in [2.05, 4.69) is 16.1 Å². The highest BCUT2D eigenvalue weighted by Crippen LogP contribution is 2.32. The van der Waals surface area contributed by atoms with Crippen LogP contribution in [0.15, 0.2) is 54.7 Å². The zero-order valence-electron chi connectivity index (χ0n) is 17.0. The number of benzene rings is 2. The summed E-state index contributed by atoms with van der Waals surface area (Å²) in [6.45, 7) is 6.30. The average Bonchev–Trinajstić information content (AvgIpc) is 3.42. The van der Waals surface area contributed by atoms with Gasteiger partial charge in [0.05, 0.1) is 5.69 Å². The van der Waals surface area contributed by atoms with Crippen molar-refractivity contribution in [2.45, 2.75) is 13.5 Å². The van der Waals surface area contributed by atoms with Crippen LogP contribution in [-0.2, 0) is 6.54 Å². The number of aromatic nitrogens is 2. The summed E-state index contributed by atoms with van der Waals surface area (Å²) < 4.78 is 12.7. The molecule has 5 rings (SSSR count). The second kappa shape index (κ2) is 7.84. The van der Waals surface area contributed by atoms with Crippen molar-refractivity contribution >= 4 is 5.91 Å². The summed E-state index contributed by atoms with van der Waals surface area (Å²) in [7, 11) is 0. The van der Waals surface area contributed by atoms with Crippen molar-refractivity contribution in [1.29, 1.82) is 0 Å². The number of hydrogen-bond acceptors (Lipinski definition) is 5. The van der Waals surface area contributed by atoms with Gasteiger partial charge >= 0.3 is 0 Å². The molecule has 0 saturated carbocycles. The maximum Gasteiger partial charge on any atom is 0.253 e. The summed E-state index contributed by atoms with van der Waals surface area (Å²) in [5, 5.41) is 4.31. The van der Waals surface area contributed by atoms with Crippen LogP contribution in [-0.4, -0.2) is 58.5 Å². The minimum atomic E-state index is 0.0847. The molecule has 1 fully saturated rings. The van der Waals surface area contributed by atoms with Crippen molar-refractivity contribution in [2.24, 2.45) is 0 Å². The van der Waals surface area contributed by atoms with E-state index in [-0.39, 0.29) is 5.91 Å². The number of nitrogens with zero attached hydrogens (tertiary/aromatic N) is 4. The Bertz CT molecular complexity index is 1050. The van der Waals surface area contributed by atoms with Crippen LogP contribution in [0, 0.1) is 6.92 Å². The van der Waals surface area contributed by atoms with Crippen molar-refractivity contribution in [3.05, 3.63) is 71.5 Å². The molecule has 2 aliphatic heterocycles. The topological polar surface area (TPSA) is 59.8 Å². The van der Waals surface area contributed by atoms with Gasteiger partial charge in [-0.25, -0.2) is 4.68 Å². The highest BCUT2D eigenvalue weighted by Gasteiger charge is 2.23. The van der Waals surface area contributed by atoms with Gasteiger partial charge in [0.15, 0.2) is 11.5 Å². The number of aryl methyl sites for hydroxylation is 1. The van der Waals surface area contributed by atoms with E-state index >= 15 is 0 Å². The van der Waals surface area contributed by atoms with Gasteiger partial charge in [0.25, 0.3) is 5.91 Å². The fourth-order valence-electron chi connectivity index (χ4n) is 3.97. The van der Waals surface area contributed by atoms with E-state index in [4.69, 9.17) is 9.47 Å². The van der Waals surface area contributed by atoms with Crippen molar-refractivity contribution in [2.75, 3.05) is 33.0 Å². The van der Waals surface area contributed by atoms with E-state index in [1.807, 2.05) is 59.0 Å². The summed E-state index contributed by atoms with van der Waals surface area (Å²) in [5.41, 5.74) is 3.94. The molecule has 1 amide bonds. The quantitative estimate of drug-likeness (QED) is 0.669. The van der Waals surface area contributed by atoms with Gasteiger partial charge in [0, 0.05) is 50.2 Å². The standard InChI is InChI=1S/C23H24N4O3/c1-17-8-9-24-27(17)20-5-3-19(4-6-20)23(28)26-12-10-25(11-13-26)15-18-2-7-21-22(14-18)30-16-29-21/h2-9,14H,10-13,15-16H2,1H3. The molecule has 154 valence electrons. The molecule has 0 atom stereocenters. The van der Waals surface area contributed by atoms with Gasteiger partial charge in [-0.1, -0.05) is 6.07 Å². The molecule has 7 nitrogen and oxygen atoms in total. The van der Waals surface area contributed by atoms with E-state index in [0.717, 1.165) is 55.6 Å². The number of hydrogen-bond donors (Lipinski definition) is 0. The monoisotopic (exact) mass is 404 g/mol. The van der Waals surface area contributed by atoms with E-state index in [9.17, 15) is 4.79 Å². The van der Waals surface area contributed by atoms with Crippen LogP contribution in [0.25, 0.3) is 5.69 Å². The molecule has 2 aromatic carbocycles. The molecule has 0 unspecified atom stereocenters. The average molecular weight is 404 g/mol. The SMILES string of the molecule is Cc1ccnn1-c1ccc(C(=O)N2CCN(Cc3ccc4c(c3)OCO4)CC2)cc1. The van der Waals surface area contributed by atoms with Gasteiger partial charge in [-0.05, 0) is 55.0 Å². The third kappa shape index (κ3) is 3.64. The Balaban J connectivity index is 1.18. The van der Waals surface area contributed by atoms with Crippen molar-refractivity contribution in [3.8, 4) is 17.2 Å². The highest BCUT2D eigenvalue weighted by atomic mass is 16.7. The van der Waals surface area contributed by atoms with Gasteiger partial charge < -0.3 is 14.4 Å². The molecule has 0 spiro atoms. The maximum absolute atomic E-state index is 12.9. The van der Waals surface area contributed by atoms with Gasteiger partial charge in [0.2, 0.25) is 6.79 Å². The number of fused-ring (bicyclic) bond motifs is 1. The Morgan fingerprint density at radius 1 is 0.967 bits per heavy atom. The predicted molar refractivity (Wildman–Crippen MR) is 112 cm³/mol. The molecule has 7 heteroatoms. The second-order valence-electron chi connectivity index (χ2n) is 7.69. The molecule has 3 aromatic rings. The van der Waals surface area contributed by atoms with Crippen LogP contribution in [0.3, 0.4) is 0 Å². The number of piperazine rings is 1. The van der Waals surface area contributed by atoms with Crippen LogP contribution in [0.1, 0.15) is 21.6 Å². The van der Waals surface area contributed by atoms with Gasteiger partial charge in [0.1, 0.15) is 0 Å². The first-order chi connectivity index (χ1) is 14.7. The Hall–Kier alpha value is -3.32. The first-order valence-electron chi connectivity index (χ1n) is 10.2. The fourth-order valence-corrected chi connectivity index (χ4v) is 3.97. The highest BCUT2D eigenvalue weighted by molar-refractivity contribution is 5.94. The molecular formula is C23H24N4O3. The molecule has 1 saturated heterocycles. The molecule has 30 heavy (non-hydrogen) atoms. The molecule has 0 N–H and O–H groups in total. The minimum absolute atomic E-state index is 0.0847. The number of carbonyl (C=O) groups is 1. The Morgan fingerprint density at radius 2 is 1.73 bits per heavy atom. The second-order valence-corrected chi connectivity index (χ2v) is 7.69. The Kier molecular flexibility index (Phi) is 4.88. The zero-order valence-corrected chi connectivity index (χ0v) is 17.0. The molecule has 3 heterocycles. The lowest BCUT2D eigenvalue weighted by Gasteiger charge is -2.34. The minimum Gasteiger partial charge on any atom is -0.454 e. The summed E-state index contributed by atoms with van der Waals surface area (Å²) in [4.78, 5) is 17.2. The maximum atomic E-state index is 12.9. The molecule has 1 aromatic heterocycles. The van der Waals surface area contributed by atoms with Crippen LogP contribution >= 0.6 is 0 Å². The van der Waals surface area contributed by atoms with Crippen molar-refractivity contribution in [1.82, 2.24) is 19.6 Å². The smallest absolute Gasteiger partial charge is 0.253 e. The largest absolute Gasteiger partial charge is 0.454 e. The first kappa shape index (κ1) is 18.7. The molecule has 2 aliphatic rings. The normalized spacial score (nSPS) is 16.1. The van der Waals surface area contributed by atoms with Crippen LogP contribution in [0.5, 0.6) is 11.5 Å². The molecule has 0 bridgehead atoms. The number of carbonyl (C=O) groups excluding carboxylic acids is 1. The summed E-state index contributed by atoms with van der Waals surface area (Å²) >= 11 is 0.